The van der Waals surface area contributed by atoms with Crippen molar-refractivity contribution in [3.8, 4) is 5.75 Å². The molecule has 5 heteroatoms. The molecular weight excluding hydrogens is 286 g/mol. The molecule has 0 radical (unpaired) electrons. The largest absolute Gasteiger partial charge is 0.489 e. The Morgan fingerprint density at radius 3 is 2.81 bits per heavy atom. The van der Waals surface area contributed by atoms with Crippen LogP contribution in [0.3, 0.4) is 0 Å². The summed E-state index contributed by atoms with van der Waals surface area (Å²) in [5, 5.41) is 8.59. The number of hydrogen-bond donors (Lipinski definition) is 1. The Morgan fingerprint density at radius 1 is 1.38 bits per heavy atom. The molecule has 2 unspecified atom stereocenters. The van der Waals surface area contributed by atoms with E-state index < -0.39 is 0 Å². The van der Waals surface area contributed by atoms with Crippen molar-refractivity contribution in [3.05, 3.63) is 47.2 Å². The first-order chi connectivity index (χ1) is 10.1. The first-order valence-electron chi connectivity index (χ1n) is 7.22. The van der Waals surface area contributed by atoms with Gasteiger partial charge in [0.1, 0.15) is 11.9 Å². The fourth-order valence-corrected chi connectivity index (χ4v) is 2.48. The molecule has 0 aliphatic heterocycles. The summed E-state index contributed by atoms with van der Waals surface area (Å²) in [5.41, 5.74) is 1.06. The lowest BCUT2D eigenvalue weighted by molar-refractivity contribution is 0.169. The zero-order valence-electron chi connectivity index (χ0n) is 12.7. The average Bonchev–Trinajstić information content (AvgIpc) is 2.84. The Kier molecular flexibility index (Phi) is 5.65. The summed E-state index contributed by atoms with van der Waals surface area (Å²) < 4.78 is 7.83. The molecule has 1 heterocycles. The number of benzene rings is 1. The van der Waals surface area contributed by atoms with Crippen LogP contribution < -0.4 is 10.1 Å². The molecule has 2 aromatic rings. The second kappa shape index (κ2) is 7.48. The molecule has 0 spiro atoms. The summed E-state index contributed by atoms with van der Waals surface area (Å²) in [6.07, 6.45) is 2.81. The van der Waals surface area contributed by atoms with Crippen LogP contribution in [0.25, 0.3) is 0 Å². The normalized spacial score (nSPS) is 13.9. The van der Waals surface area contributed by atoms with E-state index in [4.69, 9.17) is 16.3 Å². The van der Waals surface area contributed by atoms with Crippen molar-refractivity contribution in [1.82, 2.24) is 15.1 Å². The lowest BCUT2D eigenvalue weighted by Crippen LogP contribution is -2.43. The predicted octanol–water partition coefficient (Wildman–Crippen LogP) is 3.06. The molecular formula is C16H22ClN3O. The van der Waals surface area contributed by atoms with Crippen molar-refractivity contribution in [1.29, 1.82) is 0 Å². The number of aromatic nitrogens is 2. The van der Waals surface area contributed by atoms with Crippen LogP contribution in [0.4, 0.5) is 0 Å². The van der Waals surface area contributed by atoms with Crippen LogP contribution in [-0.2, 0) is 13.5 Å². The molecule has 2 atom stereocenters. The van der Waals surface area contributed by atoms with Crippen molar-refractivity contribution in [2.24, 2.45) is 7.05 Å². The lowest BCUT2D eigenvalue weighted by Gasteiger charge is -2.25. The molecule has 0 amide bonds. The fraction of sp³-hybridized carbons (Fsp3) is 0.438. The van der Waals surface area contributed by atoms with Crippen molar-refractivity contribution in [2.75, 3.05) is 6.54 Å². The van der Waals surface area contributed by atoms with Gasteiger partial charge in [-0.2, -0.15) is 5.10 Å². The zero-order chi connectivity index (χ0) is 15.2. The van der Waals surface area contributed by atoms with E-state index >= 15 is 0 Å². The molecule has 0 aliphatic rings. The van der Waals surface area contributed by atoms with E-state index in [0.717, 1.165) is 24.4 Å². The fourth-order valence-electron chi connectivity index (χ4n) is 2.30. The number of hydrogen-bond acceptors (Lipinski definition) is 3. The van der Waals surface area contributed by atoms with Gasteiger partial charge in [-0.15, -0.1) is 0 Å². The third kappa shape index (κ3) is 4.76. The Labute approximate surface area is 131 Å². The Balaban J connectivity index is 2.02. The average molecular weight is 308 g/mol. The molecule has 21 heavy (non-hydrogen) atoms. The summed E-state index contributed by atoms with van der Waals surface area (Å²) in [6, 6.07) is 9.73. The maximum absolute atomic E-state index is 6.01. The van der Waals surface area contributed by atoms with Gasteiger partial charge in [0.05, 0.1) is 5.69 Å². The number of ether oxygens (including phenoxy) is 1. The van der Waals surface area contributed by atoms with Crippen LogP contribution in [0, 0.1) is 0 Å². The van der Waals surface area contributed by atoms with Gasteiger partial charge in [-0.3, -0.25) is 4.68 Å². The van der Waals surface area contributed by atoms with Crippen LogP contribution in [-0.4, -0.2) is 28.5 Å². The van der Waals surface area contributed by atoms with E-state index in [-0.39, 0.29) is 12.1 Å². The van der Waals surface area contributed by atoms with Crippen LogP contribution in [0.15, 0.2) is 36.5 Å². The van der Waals surface area contributed by atoms with Gasteiger partial charge in [-0.05, 0) is 37.7 Å². The molecule has 0 aliphatic carbocycles. The minimum atomic E-state index is 0.0189. The molecule has 0 fully saturated rings. The number of rotatable bonds is 7. The number of likely N-dealkylation sites (N-methyl/N-ethyl adjacent to an activating group) is 1. The highest BCUT2D eigenvalue weighted by Crippen LogP contribution is 2.19. The number of halogens is 1. The first-order valence-corrected chi connectivity index (χ1v) is 7.60. The number of nitrogens with zero attached hydrogens (tertiary/aromatic N) is 2. The quantitative estimate of drug-likeness (QED) is 0.854. The van der Waals surface area contributed by atoms with Crippen molar-refractivity contribution >= 4 is 11.6 Å². The SMILES string of the molecule is CCNC(Cc1ccn(C)n1)C(C)Oc1cccc(Cl)c1. The van der Waals surface area contributed by atoms with Gasteiger partial charge in [0.2, 0.25) is 0 Å². The van der Waals surface area contributed by atoms with Crippen molar-refractivity contribution in [2.45, 2.75) is 32.4 Å². The van der Waals surface area contributed by atoms with Gasteiger partial charge >= 0.3 is 0 Å². The van der Waals surface area contributed by atoms with E-state index in [0.29, 0.717) is 5.02 Å². The van der Waals surface area contributed by atoms with Gasteiger partial charge < -0.3 is 10.1 Å². The molecule has 0 saturated heterocycles. The van der Waals surface area contributed by atoms with E-state index in [1.165, 1.54) is 0 Å². The van der Waals surface area contributed by atoms with Gasteiger partial charge in [0, 0.05) is 30.7 Å². The minimum absolute atomic E-state index is 0.0189. The lowest BCUT2D eigenvalue weighted by atomic mass is 10.1. The Hall–Kier alpha value is -1.52. The van der Waals surface area contributed by atoms with Gasteiger partial charge in [0.15, 0.2) is 0 Å². The Morgan fingerprint density at radius 2 is 2.19 bits per heavy atom. The van der Waals surface area contributed by atoms with Crippen LogP contribution >= 0.6 is 11.6 Å². The smallest absolute Gasteiger partial charge is 0.121 e. The third-order valence-corrected chi connectivity index (χ3v) is 3.58. The van der Waals surface area contributed by atoms with Crippen molar-refractivity contribution in [3.63, 3.8) is 0 Å². The van der Waals surface area contributed by atoms with E-state index in [1.807, 2.05) is 48.3 Å². The van der Waals surface area contributed by atoms with Gasteiger partial charge in [-0.25, -0.2) is 0 Å². The monoisotopic (exact) mass is 307 g/mol. The van der Waals surface area contributed by atoms with E-state index in [1.54, 1.807) is 0 Å². The molecule has 2 rings (SSSR count). The highest BCUT2D eigenvalue weighted by atomic mass is 35.5. The van der Waals surface area contributed by atoms with Crippen LogP contribution in [0.2, 0.25) is 5.02 Å². The summed E-state index contributed by atoms with van der Waals surface area (Å²) in [5.74, 6) is 0.791. The van der Waals surface area contributed by atoms with Gasteiger partial charge in [-0.1, -0.05) is 24.6 Å². The molecule has 1 aromatic heterocycles. The predicted molar refractivity (Wildman–Crippen MR) is 85.9 cm³/mol. The highest BCUT2D eigenvalue weighted by molar-refractivity contribution is 6.30. The van der Waals surface area contributed by atoms with Gasteiger partial charge in [0.25, 0.3) is 0 Å². The molecule has 0 bridgehead atoms. The molecule has 1 aromatic carbocycles. The molecule has 1 N–H and O–H groups in total. The number of aryl methyl sites for hydroxylation is 1. The van der Waals surface area contributed by atoms with E-state index in [9.17, 15) is 0 Å². The summed E-state index contributed by atoms with van der Waals surface area (Å²) in [6.45, 7) is 5.05. The maximum atomic E-state index is 6.01. The van der Waals surface area contributed by atoms with E-state index in [2.05, 4.69) is 24.3 Å². The topological polar surface area (TPSA) is 39.1 Å². The second-order valence-electron chi connectivity index (χ2n) is 5.13. The standard InChI is InChI=1S/C16H22ClN3O/c1-4-18-16(11-14-8-9-20(3)19-14)12(2)21-15-7-5-6-13(17)10-15/h5-10,12,16,18H,4,11H2,1-3H3. The molecule has 114 valence electrons. The zero-order valence-corrected chi connectivity index (χ0v) is 13.5. The summed E-state index contributed by atoms with van der Waals surface area (Å²) >= 11 is 5.99. The second-order valence-corrected chi connectivity index (χ2v) is 5.57. The number of nitrogens with one attached hydrogen (secondary N) is 1. The highest BCUT2D eigenvalue weighted by Gasteiger charge is 2.19. The minimum Gasteiger partial charge on any atom is -0.489 e. The van der Waals surface area contributed by atoms with Crippen molar-refractivity contribution < 1.29 is 4.74 Å². The van der Waals surface area contributed by atoms with Crippen LogP contribution in [0.1, 0.15) is 19.5 Å². The maximum Gasteiger partial charge on any atom is 0.121 e. The summed E-state index contributed by atoms with van der Waals surface area (Å²) in [7, 11) is 1.93. The summed E-state index contributed by atoms with van der Waals surface area (Å²) in [4.78, 5) is 0. The third-order valence-electron chi connectivity index (χ3n) is 3.35. The Bertz CT molecular complexity index is 570. The molecule has 0 saturated carbocycles. The molecule has 4 nitrogen and oxygen atoms in total. The van der Waals surface area contributed by atoms with Crippen LogP contribution in [0.5, 0.6) is 5.75 Å². The first kappa shape index (κ1) is 15.9.